The van der Waals surface area contributed by atoms with E-state index >= 15 is 0 Å². The number of rotatable bonds is 28. The van der Waals surface area contributed by atoms with E-state index in [9.17, 15) is 4.79 Å². The van der Waals surface area contributed by atoms with E-state index in [1.807, 2.05) is 0 Å². The third-order valence-corrected chi connectivity index (χ3v) is 8.03. The van der Waals surface area contributed by atoms with Crippen molar-refractivity contribution in [3.05, 3.63) is 0 Å². The van der Waals surface area contributed by atoms with Crippen LogP contribution in [0.15, 0.2) is 0 Å². The number of ether oxygens (including phenoxy) is 1. The van der Waals surface area contributed by atoms with E-state index in [1.54, 1.807) is 0 Å². The summed E-state index contributed by atoms with van der Waals surface area (Å²) in [6, 6.07) is 0. The fraction of sp³-hybridized carbons (Fsp3) is 0.971. The van der Waals surface area contributed by atoms with Crippen LogP contribution < -0.4 is 0 Å². The smallest absolute Gasteiger partial charge is 0.306 e. The first-order chi connectivity index (χ1) is 17.5. The fourth-order valence-corrected chi connectivity index (χ4v) is 5.36. The molecule has 0 aliphatic heterocycles. The van der Waals surface area contributed by atoms with Gasteiger partial charge in [-0.3, -0.25) is 4.79 Å². The molecule has 0 aromatic carbocycles. The molecular formula is C34H68O2. The number of hydrogen-bond donors (Lipinski definition) is 0. The lowest BCUT2D eigenvalue weighted by molar-refractivity contribution is -0.150. The van der Waals surface area contributed by atoms with Crippen molar-refractivity contribution in [3.63, 3.8) is 0 Å². The van der Waals surface area contributed by atoms with Gasteiger partial charge in [0.15, 0.2) is 0 Å². The van der Waals surface area contributed by atoms with Crippen LogP contribution in [0, 0.1) is 11.8 Å². The molecule has 0 saturated carbocycles. The van der Waals surface area contributed by atoms with E-state index in [2.05, 4.69) is 34.6 Å². The average molecular weight is 509 g/mol. The van der Waals surface area contributed by atoms with Crippen molar-refractivity contribution >= 4 is 5.97 Å². The summed E-state index contributed by atoms with van der Waals surface area (Å²) in [6.07, 6.45) is 31.9. The molecule has 0 radical (unpaired) electrons. The van der Waals surface area contributed by atoms with Crippen LogP contribution in [0.3, 0.4) is 0 Å². The fourth-order valence-electron chi connectivity index (χ4n) is 5.36. The minimum absolute atomic E-state index is 0.0606. The molecule has 0 saturated heterocycles. The number of unbranched alkanes of at least 4 members (excludes halogenated alkanes) is 15. The predicted molar refractivity (Wildman–Crippen MR) is 161 cm³/mol. The van der Waals surface area contributed by atoms with E-state index in [4.69, 9.17) is 4.74 Å². The Labute approximate surface area is 228 Å². The van der Waals surface area contributed by atoms with Gasteiger partial charge in [0.05, 0.1) is 0 Å². The van der Waals surface area contributed by atoms with Gasteiger partial charge < -0.3 is 4.74 Å². The van der Waals surface area contributed by atoms with Gasteiger partial charge in [-0.2, -0.15) is 0 Å². The molecule has 0 amide bonds. The Balaban J connectivity index is 3.86. The van der Waals surface area contributed by atoms with Gasteiger partial charge in [-0.25, -0.2) is 0 Å². The number of hydrogen-bond acceptors (Lipinski definition) is 2. The molecule has 0 aliphatic rings. The molecule has 0 bridgehead atoms. The van der Waals surface area contributed by atoms with Crippen molar-refractivity contribution in [2.75, 3.05) is 0 Å². The lowest BCUT2D eigenvalue weighted by Crippen LogP contribution is -2.19. The summed E-state index contributed by atoms with van der Waals surface area (Å²) < 4.78 is 6.01. The zero-order valence-corrected chi connectivity index (χ0v) is 25.7. The summed E-state index contributed by atoms with van der Waals surface area (Å²) in [4.78, 5) is 12.5. The van der Waals surface area contributed by atoms with Crippen LogP contribution >= 0.6 is 0 Å². The van der Waals surface area contributed by atoms with Gasteiger partial charge in [0, 0.05) is 6.42 Å². The standard InChI is InChI=1S/C34H68O2/c1-6-9-11-23-27-33(30-29-32(8-3)26-10-7-2)36-34(35)28-24-21-19-17-15-13-12-14-16-18-20-22-25-31(4)5/h31-33H,6-30H2,1-5H3. The minimum atomic E-state index is 0.0606. The molecule has 2 unspecified atom stereocenters. The third-order valence-electron chi connectivity index (χ3n) is 8.03. The molecule has 0 aromatic heterocycles. The number of esters is 1. The van der Waals surface area contributed by atoms with E-state index in [-0.39, 0.29) is 12.1 Å². The van der Waals surface area contributed by atoms with E-state index in [0.717, 1.165) is 31.1 Å². The van der Waals surface area contributed by atoms with Crippen LogP contribution in [-0.4, -0.2) is 12.1 Å². The number of carbonyl (C=O) groups is 1. The maximum atomic E-state index is 12.5. The van der Waals surface area contributed by atoms with Gasteiger partial charge in [0.1, 0.15) is 6.10 Å². The zero-order valence-electron chi connectivity index (χ0n) is 25.7. The van der Waals surface area contributed by atoms with Crippen molar-refractivity contribution < 1.29 is 9.53 Å². The first kappa shape index (κ1) is 35.5. The highest BCUT2D eigenvalue weighted by Gasteiger charge is 2.16. The lowest BCUT2D eigenvalue weighted by Gasteiger charge is -2.21. The van der Waals surface area contributed by atoms with E-state index < -0.39 is 0 Å². The normalized spacial score (nSPS) is 13.3. The molecule has 36 heavy (non-hydrogen) atoms. The molecule has 0 spiro atoms. The topological polar surface area (TPSA) is 26.3 Å². The minimum Gasteiger partial charge on any atom is -0.462 e. The van der Waals surface area contributed by atoms with Crippen LogP contribution in [0.2, 0.25) is 0 Å². The van der Waals surface area contributed by atoms with Gasteiger partial charge in [0.2, 0.25) is 0 Å². The summed E-state index contributed by atoms with van der Waals surface area (Å²) in [5, 5.41) is 0. The Kier molecular flexibility index (Phi) is 27.1. The molecular weight excluding hydrogens is 440 g/mol. The van der Waals surface area contributed by atoms with Crippen LogP contribution in [0.5, 0.6) is 0 Å². The molecule has 2 nitrogen and oxygen atoms in total. The summed E-state index contributed by atoms with van der Waals surface area (Å²) in [7, 11) is 0. The summed E-state index contributed by atoms with van der Waals surface area (Å²) in [5.74, 6) is 1.73. The maximum absolute atomic E-state index is 12.5. The Morgan fingerprint density at radius 2 is 1.03 bits per heavy atom. The second-order valence-corrected chi connectivity index (χ2v) is 12.1. The SMILES string of the molecule is CCCCCCC(CCC(CC)CCCC)OC(=O)CCCCCCCCCCCCCCC(C)C. The van der Waals surface area contributed by atoms with Gasteiger partial charge in [-0.05, 0) is 43.9 Å². The number of carbonyl (C=O) groups excluding carboxylic acids is 1. The lowest BCUT2D eigenvalue weighted by atomic mass is 9.92. The van der Waals surface area contributed by atoms with Crippen molar-refractivity contribution in [2.45, 2.75) is 201 Å². The maximum Gasteiger partial charge on any atom is 0.306 e. The summed E-state index contributed by atoms with van der Waals surface area (Å²) >= 11 is 0. The van der Waals surface area contributed by atoms with Crippen LogP contribution in [0.1, 0.15) is 195 Å². The Hall–Kier alpha value is -0.530. The quantitative estimate of drug-likeness (QED) is 0.0775. The highest BCUT2D eigenvalue weighted by Crippen LogP contribution is 2.23. The van der Waals surface area contributed by atoms with Gasteiger partial charge >= 0.3 is 5.97 Å². The highest BCUT2D eigenvalue weighted by molar-refractivity contribution is 5.69. The monoisotopic (exact) mass is 509 g/mol. The predicted octanol–water partition coefficient (Wildman–Crippen LogP) is 12.0. The van der Waals surface area contributed by atoms with E-state index in [0.29, 0.717) is 6.42 Å². The Morgan fingerprint density at radius 3 is 1.56 bits per heavy atom. The molecule has 0 N–H and O–H groups in total. The first-order valence-corrected chi connectivity index (χ1v) is 16.7. The van der Waals surface area contributed by atoms with E-state index in [1.165, 1.54) is 135 Å². The molecule has 0 rings (SSSR count). The Morgan fingerprint density at radius 1 is 0.528 bits per heavy atom. The largest absolute Gasteiger partial charge is 0.462 e. The van der Waals surface area contributed by atoms with Gasteiger partial charge in [-0.15, -0.1) is 0 Å². The average Bonchev–Trinajstić information content (AvgIpc) is 2.86. The highest BCUT2D eigenvalue weighted by atomic mass is 16.5. The van der Waals surface area contributed by atoms with Gasteiger partial charge in [-0.1, -0.05) is 157 Å². The van der Waals surface area contributed by atoms with Gasteiger partial charge in [0.25, 0.3) is 0 Å². The summed E-state index contributed by atoms with van der Waals surface area (Å²) in [6.45, 7) is 11.5. The molecule has 0 fully saturated rings. The third kappa shape index (κ3) is 25.1. The van der Waals surface area contributed by atoms with Crippen LogP contribution in [0.25, 0.3) is 0 Å². The molecule has 0 aliphatic carbocycles. The van der Waals surface area contributed by atoms with Crippen molar-refractivity contribution in [2.24, 2.45) is 11.8 Å². The molecule has 0 heterocycles. The molecule has 0 aromatic rings. The molecule has 216 valence electrons. The second-order valence-electron chi connectivity index (χ2n) is 12.1. The zero-order chi connectivity index (χ0) is 26.7. The first-order valence-electron chi connectivity index (χ1n) is 16.7. The van der Waals surface area contributed by atoms with Crippen LogP contribution in [0.4, 0.5) is 0 Å². The second kappa shape index (κ2) is 27.5. The van der Waals surface area contributed by atoms with Crippen molar-refractivity contribution in [3.8, 4) is 0 Å². The van der Waals surface area contributed by atoms with Crippen molar-refractivity contribution in [1.82, 2.24) is 0 Å². The molecule has 2 heteroatoms. The van der Waals surface area contributed by atoms with Crippen molar-refractivity contribution in [1.29, 1.82) is 0 Å². The molecule has 2 atom stereocenters. The van der Waals surface area contributed by atoms with Crippen LogP contribution in [-0.2, 0) is 9.53 Å². The summed E-state index contributed by atoms with van der Waals surface area (Å²) in [5.41, 5.74) is 0. The Bertz CT molecular complexity index is 444.